The fourth-order valence-electron chi connectivity index (χ4n) is 2.75. The summed E-state index contributed by atoms with van der Waals surface area (Å²) in [6.45, 7) is 6.55. The summed E-state index contributed by atoms with van der Waals surface area (Å²) in [6.07, 6.45) is 5.55. The molecule has 1 N–H and O–H groups in total. The molecule has 1 aromatic rings. The zero-order valence-electron chi connectivity index (χ0n) is 13.9. The predicted octanol–water partition coefficient (Wildman–Crippen LogP) is 6.02. The first kappa shape index (κ1) is 19.5. The molecule has 3 heteroatoms. The van der Waals surface area contributed by atoms with Crippen molar-refractivity contribution in [1.82, 2.24) is 0 Å². The standard InChI is InChI=1S/C19H28Cl2O/c1-4-5-6-18(15(3)19(21)13-22)14(2)7-8-16-9-11-17(20)12-10-16/h9-12,14,19,22H,4-8,13H2,1-3H3/b18-15-. The normalized spacial score (nSPS) is 15.4. The zero-order chi connectivity index (χ0) is 16.5. The van der Waals surface area contributed by atoms with Crippen LogP contribution in [0.15, 0.2) is 35.4 Å². The highest BCUT2D eigenvalue weighted by Gasteiger charge is 2.16. The van der Waals surface area contributed by atoms with Crippen LogP contribution in [0.1, 0.15) is 52.0 Å². The van der Waals surface area contributed by atoms with Gasteiger partial charge in [0, 0.05) is 5.02 Å². The third-order valence-electron chi connectivity index (χ3n) is 4.31. The van der Waals surface area contributed by atoms with Crippen molar-refractivity contribution < 1.29 is 5.11 Å². The Bertz CT molecular complexity index is 465. The van der Waals surface area contributed by atoms with Crippen LogP contribution >= 0.6 is 23.2 Å². The second-order valence-electron chi connectivity index (χ2n) is 6.03. The van der Waals surface area contributed by atoms with Crippen LogP contribution in [0.25, 0.3) is 0 Å². The van der Waals surface area contributed by atoms with E-state index in [0.29, 0.717) is 5.92 Å². The van der Waals surface area contributed by atoms with E-state index < -0.39 is 0 Å². The molecule has 0 aromatic heterocycles. The number of hydrogen-bond donors (Lipinski definition) is 1. The first-order valence-corrected chi connectivity index (χ1v) is 8.99. The highest BCUT2D eigenvalue weighted by atomic mass is 35.5. The minimum absolute atomic E-state index is 0.00686. The Balaban J connectivity index is 2.74. The van der Waals surface area contributed by atoms with Crippen LogP contribution in [0.2, 0.25) is 5.02 Å². The minimum atomic E-state index is -0.259. The number of hydrogen-bond acceptors (Lipinski definition) is 1. The molecular formula is C19H28Cl2O. The summed E-state index contributed by atoms with van der Waals surface area (Å²) >= 11 is 12.2. The summed E-state index contributed by atoms with van der Waals surface area (Å²) in [7, 11) is 0. The lowest BCUT2D eigenvalue weighted by molar-refractivity contribution is 0.301. The van der Waals surface area contributed by atoms with E-state index in [1.165, 1.54) is 24.0 Å². The molecule has 1 nitrogen and oxygen atoms in total. The van der Waals surface area contributed by atoms with E-state index in [-0.39, 0.29) is 12.0 Å². The SMILES string of the molecule is CCCC/C(=C(\C)C(Cl)CO)C(C)CCc1ccc(Cl)cc1. The van der Waals surface area contributed by atoms with Gasteiger partial charge < -0.3 is 5.11 Å². The number of halogens is 2. The maximum Gasteiger partial charge on any atom is 0.0776 e. The Morgan fingerprint density at radius 2 is 1.86 bits per heavy atom. The zero-order valence-corrected chi connectivity index (χ0v) is 15.4. The summed E-state index contributed by atoms with van der Waals surface area (Å²) in [5.41, 5.74) is 3.89. The molecule has 1 rings (SSSR count). The van der Waals surface area contributed by atoms with Gasteiger partial charge in [-0.15, -0.1) is 11.6 Å². The summed E-state index contributed by atoms with van der Waals surface area (Å²) in [5, 5.41) is 9.84. The number of benzene rings is 1. The molecule has 0 fully saturated rings. The van der Waals surface area contributed by atoms with Gasteiger partial charge in [0.2, 0.25) is 0 Å². The second kappa shape index (κ2) is 10.3. The molecule has 0 amide bonds. The van der Waals surface area contributed by atoms with Gasteiger partial charge >= 0.3 is 0 Å². The van der Waals surface area contributed by atoms with E-state index in [0.717, 1.165) is 29.9 Å². The van der Waals surface area contributed by atoms with Crippen molar-refractivity contribution in [2.45, 2.75) is 58.3 Å². The maximum absolute atomic E-state index is 9.32. The second-order valence-corrected chi connectivity index (χ2v) is 6.99. The number of aliphatic hydroxyl groups is 1. The van der Waals surface area contributed by atoms with Gasteiger partial charge in [-0.05, 0) is 56.2 Å². The number of alkyl halides is 1. The fraction of sp³-hybridized carbons (Fsp3) is 0.579. The van der Waals surface area contributed by atoms with Gasteiger partial charge in [0.15, 0.2) is 0 Å². The van der Waals surface area contributed by atoms with Crippen LogP contribution in [-0.2, 0) is 6.42 Å². The first-order valence-electron chi connectivity index (χ1n) is 8.18. The lowest BCUT2D eigenvalue weighted by Gasteiger charge is -2.21. The Morgan fingerprint density at radius 1 is 1.23 bits per heavy atom. The molecule has 0 saturated heterocycles. The number of aliphatic hydroxyl groups excluding tert-OH is 1. The monoisotopic (exact) mass is 342 g/mol. The van der Waals surface area contributed by atoms with Crippen LogP contribution < -0.4 is 0 Å². The molecule has 2 unspecified atom stereocenters. The van der Waals surface area contributed by atoms with E-state index in [1.54, 1.807) is 0 Å². The Hall–Kier alpha value is -0.500. The molecule has 0 radical (unpaired) electrons. The van der Waals surface area contributed by atoms with E-state index in [2.05, 4.69) is 32.9 Å². The van der Waals surface area contributed by atoms with Gasteiger partial charge in [0.05, 0.1) is 12.0 Å². The van der Waals surface area contributed by atoms with Crippen LogP contribution in [0, 0.1) is 5.92 Å². The number of allylic oxidation sites excluding steroid dienone is 1. The van der Waals surface area contributed by atoms with Gasteiger partial charge in [-0.2, -0.15) is 0 Å². The summed E-state index contributed by atoms with van der Waals surface area (Å²) in [5.74, 6) is 0.482. The summed E-state index contributed by atoms with van der Waals surface area (Å²) in [4.78, 5) is 0. The lowest BCUT2D eigenvalue weighted by atomic mass is 9.86. The van der Waals surface area contributed by atoms with Crippen molar-refractivity contribution in [3.8, 4) is 0 Å². The summed E-state index contributed by atoms with van der Waals surface area (Å²) in [6, 6.07) is 8.08. The quantitative estimate of drug-likeness (QED) is 0.430. The van der Waals surface area contributed by atoms with Gasteiger partial charge in [0.1, 0.15) is 0 Å². The van der Waals surface area contributed by atoms with Crippen molar-refractivity contribution in [3.05, 3.63) is 46.0 Å². The van der Waals surface area contributed by atoms with Crippen molar-refractivity contribution in [2.75, 3.05) is 6.61 Å². The number of rotatable bonds is 9. The fourth-order valence-corrected chi connectivity index (χ4v) is 3.01. The average Bonchev–Trinajstić information content (AvgIpc) is 2.53. The summed E-state index contributed by atoms with van der Waals surface area (Å²) < 4.78 is 0. The molecule has 124 valence electrons. The van der Waals surface area contributed by atoms with Crippen LogP contribution in [0.4, 0.5) is 0 Å². The Morgan fingerprint density at radius 3 is 2.41 bits per heavy atom. The highest BCUT2D eigenvalue weighted by Crippen LogP contribution is 2.28. The molecule has 0 heterocycles. The smallest absolute Gasteiger partial charge is 0.0776 e. The molecule has 22 heavy (non-hydrogen) atoms. The van der Waals surface area contributed by atoms with Crippen LogP contribution in [0.5, 0.6) is 0 Å². The molecular weight excluding hydrogens is 315 g/mol. The molecule has 0 aliphatic carbocycles. The van der Waals surface area contributed by atoms with Gasteiger partial charge in [-0.1, -0.05) is 55.1 Å². The van der Waals surface area contributed by atoms with E-state index in [1.807, 2.05) is 12.1 Å². The highest BCUT2D eigenvalue weighted by molar-refractivity contribution is 6.30. The van der Waals surface area contributed by atoms with Gasteiger partial charge in [-0.3, -0.25) is 0 Å². The van der Waals surface area contributed by atoms with Crippen molar-refractivity contribution in [1.29, 1.82) is 0 Å². The van der Waals surface area contributed by atoms with E-state index in [9.17, 15) is 5.11 Å². The minimum Gasteiger partial charge on any atom is -0.394 e. The van der Waals surface area contributed by atoms with Crippen molar-refractivity contribution in [3.63, 3.8) is 0 Å². The molecule has 0 spiro atoms. The topological polar surface area (TPSA) is 20.2 Å². The van der Waals surface area contributed by atoms with E-state index in [4.69, 9.17) is 23.2 Å². The lowest BCUT2D eigenvalue weighted by Crippen LogP contribution is -2.13. The molecule has 0 bridgehead atoms. The number of aryl methyl sites for hydroxylation is 1. The first-order chi connectivity index (χ1) is 10.5. The average molecular weight is 343 g/mol. The van der Waals surface area contributed by atoms with Crippen LogP contribution in [0.3, 0.4) is 0 Å². The number of unbranched alkanes of at least 4 members (excludes halogenated alkanes) is 1. The molecule has 0 saturated carbocycles. The third kappa shape index (κ3) is 6.32. The van der Waals surface area contributed by atoms with Crippen molar-refractivity contribution in [2.24, 2.45) is 5.92 Å². The van der Waals surface area contributed by atoms with Gasteiger partial charge in [-0.25, -0.2) is 0 Å². The maximum atomic E-state index is 9.32. The Kier molecular flexibility index (Phi) is 9.16. The largest absolute Gasteiger partial charge is 0.394 e. The van der Waals surface area contributed by atoms with Crippen LogP contribution in [-0.4, -0.2) is 17.1 Å². The van der Waals surface area contributed by atoms with Crippen molar-refractivity contribution >= 4 is 23.2 Å². The Labute approximate surface area is 145 Å². The van der Waals surface area contributed by atoms with Gasteiger partial charge in [0.25, 0.3) is 0 Å². The van der Waals surface area contributed by atoms with E-state index >= 15 is 0 Å². The predicted molar refractivity (Wildman–Crippen MR) is 97.9 cm³/mol. The molecule has 1 aromatic carbocycles. The molecule has 0 aliphatic rings. The molecule has 0 aliphatic heterocycles. The molecule has 2 atom stereocenters. The third-order valence-corrected chi connectivity index (χ3v) is 5.03.